The van der Waals surface area contributed by atoms with Gasteiger partial charge in [0.1, 0.15) is 17.6 Å². The molecule has 4 heterocycles. The Bertz CT molecular complexity index is 1680. The Morgan fingerprint density at radius 2 is 1.91 bits per heavy atom. The lowest BCUT2D eigenvalue weighted by Gasteiger charge is -2.23. The fourth-order valence-corrected chi connectivity index (χ4v) is 5.32. The van der Waals surface area contributed by atoms with Crippen LogP contribution in [-0.4, -0.2) is 20.3 Å². The lowest BCUT2D eigenvalue weighted by molar-refractivity contribution is -0.113. The Labute approximate surface area is 205 Å². The fourth-order valence-electron chi connectivity index (χ4n) is 4.29. The van der Waals surface area contributed by atoms with E-state index < -0.39 is 6.04 Å². The SMILES string of the molecule is CC1=C(C(=O)Nc2ccccc2C)[C@@H](c2ccc(C)o2)n2c(s/c(=C/c3cn(C)nc3C)c2=O)=N1. The number of hydrogen-bond acceptors (Lipinski definition) is 6. The average Bonchev–Trinajstić information content (AvgIpc) is 3.46. The summed E-state index contributed by atoms with van der Waals surface area (Å²) in [5, 5.41) is 7.35. The van der Waals surface area contributed by atoms with Crippen molar-refractivity contribution in [1.29, 1.82) is 0 Å². The topological polar surface area (TPSA) is 94.4 Å². The summed E-state index contributed by atoms with van der Waals surface area (Å²) < 4.78 is 9.74. The number of carbonyl (C=O) groups is 1. The first-order valence-electron chi connectivity index (χ1n) is 11.2. The van der Waals surface area contributed by atoms with Gasteiger partial charge >= 0.3 is 0 Å². The molecule has 0 bridgehead atoms. The number of nitrogens with zero attached hydrogens (tertiary/aromatic N) is 4. The fraction of sp³-hybridized carbons (Fsp3) is 0.231. The summed E-state index contributed by atoms with van der Waals surface area (Å²) in [6.07, 6.45) is 3.69. The summed E-state index contributed by atoms with van der Waals surface area (Å²) in [5.41, 5.74) is 4.01. The molecule has 178 valence electrons. The largest absolute Gasteiger partial charge is 0.464 e. The van der Waals surface area contributed by atoms with Crippen molar-refractivity contribution < 1.29 is 9.21 Å². The van der Waals surface area contributed by atoms with Crippen LogP contribution in [0.4, 0.5) is 5.69 Å². The highest BCUT2D eigenvalue weighted by Gasteiger charge is 2.34. The summed E-state index contributed by atoms with van der Waals surface area (Å²) in [5.74, 6) is 0.885. The molecule has 8 nitrogen and oxygen atoms in total. The molecule has 1 aliphatic heterocycles. The molecule has 1 amide bonds. The number of fused-ring (bicyclic) bond motifs is 1. The predicted octanol–water partition coefficient (Wildman–Crippen LogP) is 3.13. The number of thiazole rings is 1. The average molecular weight is 488 g/mol. The number of furan rings is 1. The van der Waals surface area contributed by atoms with Crippen LogP contribution in [0.1, 0.15) is 41.3 Å². The van der Waals surface area contributed by atoms with Gasteiger partial charge in [-0.25, -0.2) is 4.99 Å². The third kappa shape index (κ3) is 4.08. The van der Waals surface area contributed by atoms with E-state index in [2.05, 4.69) is 15.4 Å². The van der Waals surface area contributed by atoms with E-state index in [0.29, 0.717) is 37.8 Å². The van der Waals surface area contributed by atoms with Gasteiger partial charge in [0, 0.05) is 24.5 Å². The molecule has 9 heteroatoms. The minimum atomic E-state index is -0.735. The standard InChI is InChI=1S/C26H25N5O3S/c1-14-8-6-7-9-19(14)28-24(32)22-17(4)27-26-31(23(22)20-11-10-15(2)34-20)25(33)21(35-26)12-18-13-30(5)29-16(18)3/h6-13,23H,1-5H3,(H,28,32)/b21-12+/t23-/m1/s1. The maximum absolute atomic E-state index is 13.7. The van der Waals surface area contributed by atoms with Gasteiger partial charge in [0.2, 0.25) is 0 Å². The van der Waals surface area contributed by atoms with Crippen molar-refractivity contribution in [2.24, 2.45) is 12.0 Å². The second-order valence-corrected chi connectivity index (χ2v) is 9.65. The molecule has 0 saturated carbocycles. The van der Waals surface area contributed by atoms with E-state index in [9.17, 15) is 9.59 Å². The van der Waals surface area contributed by atoms with Crippen molar-refractivity contribution in [3.63, 3.8) is 0 Å². The summed E-state index contributed by atoms with van der Waals surface area (Å²) in [7, 11) is 1.84. The van der Waals surface area contributed by atoms with E-state index in [0.717, 1.165) is 16.8 Å². The Kier molecular flexibility index (Phi) is 5.64. The van der Waals surface area contributed by atoms with E-state index in [1.54, 1.807) is 16.2 Å². The molecular weight excluding hydrogens is 462 g/mol. The number of aryl methyl sites for hydroxylation is 4. The molecule has 1 aromatic carbocycles. The first-order chi connectivity index (χ1) is 16.7. The Balaban J connectivity index is 1.68. The minimum absolute atomic E-state index is 0.232. The normalized spacial score (nSPS) is 15.8. The summed E-state index contributed by atoms with van der Waals surface area (Å²) in [6, 6.07) is 10.5. The number of amides is 1. The highest BCUT2D eigenvalue weighted by atomic mass is 32.1. The third-order valence-corrected chi connectivity index (χ3v) is 7.01. The molecule has 4 aromatic rings. The van der Waals surface area contributed by atoms with Gasteiger partial charge in [0.15, 0.2) is 4.80 Å². The molecule has 0 spiro atoms. The van der Waals surface area contributed by atoms with Gasteiger partial charge in [-0.05, 0) is 57.5 Å². The lowest BCUT2D eigenvalue weighted by Crippen LogP contribution is -2.40. The van der Waals surface area contributed by atoms with Crippen molar-refractivity contribution in [2.45, 2.75) is 33.7 Å². The van der Waals surface area contributed by atoms with Gasteiger partial charge in [-0.15, -0.1) is 0 Å². The molecule has 35 heavy (non-hydrogen) atoms. The summed E-state index contributed by atoms with van der Waals surface area (Å²) in [6.45, 7) is 7.45. The van der Waals surface area contributed by atoms with Gasteiger partial charge in [-0.1, -0.05) is 29.5 Å². The van der Waals surface area contributed by atoms with Crippen LogP contribution in [0.5, 0.6) is 0 Å². The Hall–Kier alpha value is -3.98. The van der Waals surface area contributed by atoms with Crippen LogP contribution in [0.25, 0.3) is 6.08 Å². The number of nitrogens with one attached hydrogen (secondary N) is 1. The Morgan fingerprint density at radius 3 is 2.57 bits per heavy atom. The number of hydrogen-bond donors (Lipinski definition) is 1. The van der Waals surface area contributed by atoms with Crippen LogP contribution in [0.3, 0.4) is 0 Å². The highest BCUT2D eigenvalue weighted by molar-refractivity contribution is 7.07. The number of aromatic nitrogens is 3. The van der Waals surface area contributed by atoms with E-state index >= 15 is 0 Å². The van der Waals surface area contributed by atoms with E-state index in [1.165, 1.54) is 11.3 Å². The molecule has 0 saturated heterocycles. The zero-order valence-electron chi connectivity index (χ0n) is 20.1. The molecule has 1 N–H and O–H groups in total. The van der Waals surface area contributed by atoms with Gasteiger partial charge < -0.3 is 9.73 Å². The molecule has 1 atom stereocenters. The van der Waals surface area contributed by atoms with E-state index in [-0.39, 0.29) is 11.5 Å². The van der Waals surface area contributed by atoms with Crippen molar-refractivity contribution >= 4 is 29.0 Å². The van der Waals surface area contributed by atoms with Crippen molar-refractivity contribution in [3.8, 4) is 0 Å². The van der Waals surface area contributed by atoms with Gasteiger partial charge in [-0.2, -0.15) is 5.10 Å². The lowest BCUT2D eigenvalue weighted by atomic mass is 10.00. The smallest absolute Gasteiger partial charge is 0.271 e. The number of rotatable bonds is 4. The van der Waals surface area contributed by atoms with Gasteiger partial charge in [0.25, 0.3) is 11.5 Å². The highest BCUT2D eigenvalue weighted by Crippen LogP contribution is 2.32. The van der Waals surface area contributed by atoms with Gasteiger partial charge in [-0.3, -0.25) is 18.8 Å². The summed E-state index contributed by atoms with van der Waals surface area (Å²) in [4.78, 5) is 32.4. The van der Waals surface area contributed by atoms with E-state index in [1.807, 2.05) is 76.5 Å². The number of para-hydroxylation sites is 1. The molecule has 3 aromatic heterocycles. The molecule has 0 fully saturated rings. The zero-order chi connectivity index (χ0) is 24.9. The van der Waals surface area contributed by atoms with Crippen LogP contribution in [0, 0.1) is 20.8 Å². The monoisotopic (exact) mass is 487 g/mol. The van der Waals surface area contributed by atoms with Crippen LogP contribution >= 0.6 is 11.3 Å². The quantitative estimate of drug-likeness (QED) is 0.479. The molecule has 5 rings (SSSR count). The number of anilines is 1. The second-order valence-electron chi connectivity index (χ2n) is 8.64. The van der Waals surface area contributed by atoms with Crippen LogP contribution in [0.15, 0.2) is 68.1 Å². The van der Waals surface area contributed by atoms with Gasteiger partial charge in [0.05, 0.1) is 21.5 Å². The van der Waals surface area contributed by atoms with E-state index in [4.69, 9.17) is 4.42 Å². The maximum Gasteiger partial charge on any atom is 0.271 e. The number of carbonyl (C=O) groups excluding carboxylic acids is 1. The van der Waals surface area contributed by atoms with Crippen molar-refractivity contribution in [3.05, 3.63) is 102 Å². The maximum atomic E-state index is 13.7. The molecule has 1 aliphatic rings. The van der Waals surface area contributed by atoms with Crippen LogP contribution in [-0.2, 0) is 11.8 Å². The third-order valence-electron chi connectivity index (χ3n) is 6.03. The van der Waals surface area contributed by atoms with Crippen LogP contribution in [0.2, 0.25) is 0 Å². The number of benzene rings is 1. The summed E-state index contributed by atoms with van der Waals surface area (Å²) >= 11 is 1.29. The molecule has 0 radical (unpaired) electrons. The zero-order valence-corrected chi connectivity index (χ0v) is 20.9. The first-order valence-corrected chi connectivity index (χ1v) is 12.0. The van der Waals surface area contributed by atoms with Crippen molar-refractivity contribution in [2.75, 3.05) is 5.32 Å². The second kappa shape index (κ2) is 8.66. The number of allylic oxidation sites excluding steroid dienone is 1. The molecule has 0 aliphatic carbocycles. The minimum Gasteiger partial charge on any atom is -0.464 e. The van der Waals surface area contributed by atoms with Crippen molar-refractivity contribution in [1.82, 2.24) is 14.3 Å². The molecular formula is C26H25N5O3S. The van der Waals surface area contributed by atoms with Crippen LogP contribution < -0.4 is 20.2 Å². The Morgan fingerprint density at radius 1 is 1.14 bits per heavy atom. The molecule has 0 unspecified atom stereocenters. The first kappa shape index (κ1) is 22.8. The predicted molar refractivity (Wildman–Crippen MR) is 135 cm³/mol.